The molecule has 0 aliphatic rings. The van der Waals surface area contributed by atoms with Gasteiger partial charge in [-0.05, 0) is 0 Å². The number of hydrogen-bond acceptors (Lipinski definition) is 6. The molecule has 0 spiro atoms. The fourth-order valence-corrected chi connectivity index (χ4v) is 11.0. The second kappa shape index (κ2) is 21.9. The second-order valence-corrected chi connectivity index (χ2v) is 15.8. The Hall–Kier alpha value is 0.620. The van der Waals surface area contributed by atoms with Crippen LogP contribution in [0.1, 0.15) is 80.1 Å². The Bertz CT molecular complexity index is 382. The fraction of sp³-hybridized carbons (Fsp3) is 1.00. The molecule has 0 aromatic carbocycles. The van der Waals surface area contributed by atoms with Crippen molar-refractivity contribution in [1.29, 1.82) is 0 Å². The first-order valence-electron chi connectivity index (χ1n) is 13.8. The molecule has 6 nitrogen and oxygen atoms in total. The topological polar surface area (TPSA) is 49.4 Å². The van der Waals surface area contributed by atoms with E-state index in [1.807, 2.05) is 0 Å². The molecule has 0 saturated carbocycles. The van der Waals surface area contributed by atoms with Crippen molar-refractivity contribution in [2.45, 2.75) is 80.1 Å². The number of hydrogen-bond donors (Lipinski definition) is 0. The average molecular weight is 516 g/mol. The zero-order valence-electron chi connectivity index (χ0n) is 23.2. The summed E-state index contributed by atoms with van der Waals surface area (Å²) in [6.45, 7) is 20.1. The van der Waals surface area contributed by atoms with Gasteiger partial charge in [0.1, 0.15) is 0 Å². The van der Waals surface area contributed by atoms with E-state index in [1.165, 1.54) is 0 Å². The molecule has 0 rings (SSSR count). The van der Waals surface area contributed by atoms with E-state index in [2.05, 4.69) is 46.4 Å². The molecule has 0 aromatic rings. The van der Waals surface area contributed by atoms with Gasteiger partial charge in [-0.1, -0.05) is 0 Å². The van der Waals surface area contributed by atoms with Crippen LogP contribution < -0.4 is 0 Å². The molecule has 33 heavy (non-hydrogen) atoms. The van der Waals surface area contributed by atoms with E-state index >= 15 is 0 Å². The molecule has 0 atom stereocenters. The van der Waals surface area contributed by atoms with Crippen LogP contribution in [-0.2, 0) is 22.8 Å². The molecule has 0 aliphatic heterocycles. The molecule has 0 amide bonds. The van der Waals surface area contributed by atoms with Crippen molar-refractivity contribution >= 4 is 15.4 Å². The van der Waals surface area contributed by atoms with Gasteiger partial charge in [0, 0.05) is 0 Å². The maximum absolute atomic E-state index is 6.48. The Morgan fingerprint density at radius 2 is 0.818 bits per heavy atom. The molecule has 0 unspecified atom stereocenters. The molecule has 0 aliphatic carbocycles. The molecule has 0 fully saturated rings. The summed E-state index contributed by atoms with van der Waals surface area (Å²) in [4.78, 5) is 2.54. The van der Waals surface area contributed by atoms with Crippen LogP contribution in [0.25, 0.3) is 0 Å². The Morgan fingerprint density at radius 3 is 1.09 bits per heavy atom. The predicted molar refractivity (Wildman–Crippen MR) is 150 cm³/mol. The van der Waals surface area contributed by atoms with E-state index in [9.17, 15) is 0 Å². The normalized spacial score (nSPS) is 13.7. The average Bonchev–Trinajstić information content (AvgIpc) is 2.83. The van der Waals surface area contributed by atoms with Crippen molar-refractivity contribution in [2.24, 2.45) is 0 Å². The van der Waals surface area contributed by atoms with E-state index in [-0.39, 0.29) is 0 Å². The van der Waals surface area contributed by atoms with Crippen molar-refractivity contribution in [3.05, 3.63) is 0 Å². The first-order valence-corrected chi connectivity index (χ1v) is 18.2. The molecular formula is C25H59NO5P2. The Morgan fingerprint density at radius 1 is 0.455 bits per heavy atom. The van der Waals surface area contributed by atoms with Gasteiger partial charge < -0.3 is 0 Å². The van der Waals surface area contributed by atoms with Crippen LogP contribution in [-0.4, -0.2) is 89.3 Å². The standard InChI is InChI=1S/C25H59NO5P2/c1-8-17-28-32(22-12-5,29-18-9-2)24-15-26(14-21-27-7)16-25-33(23-13-6,30-19-10-3)31-20-11-4/h32-33H,8-25H2,1-7H3. The minimum atomic E-state index is -2.21. The summed E-state index contributed by atoms with van der Waals surface area (Å²) in [7, 11) is -2.62. The predicted octanol–water partition coefficient (Wildman–Crippen LogP) is 6.62. The van der Waals surface area contributed by atoms with Gasteiger partial charge in [0.15, 0.2) is 0 Å². The third-order valence-corrected chi connectivity index (χ3v) is 13.2. The molecule has 0 saturated heterocycles. The van der Waals surface area contributed by atoms with Gasteiger partial charge in [0.2, 0.25) is 0 Å². The van der Waals surface area contributed by atoms with Crippen molar-refractivity contribution in [3.8, 4) is 0 Å². The Labute approximate surface area is 207 Å². The zero-order chi connectivity index (χ0) is 24.8. The monoisotopic (exact) mass is 515 g/mol. The Balaban J connectivity index is 5.38. The first kappa shape index (κ1) is 33.6. The molecular weight excluding hydrogens is 456 g/mol. The molecule has 0 N–H and O–H groups in total. The van der Waals surface area contributed by atoms with Crippen LogP contribution in [0.2, 0.25) is 0 Å². The maximum atomic E-state index is 6.48. The molecule has 0 heterocycles. The van der Waals surface area contributed by atoms with Gasteiger partial charge in [0.05, 0.1) is 0 Å². The number of methoxy groups -OCH3 is 1. The van der Waals surface area contributed by atoms with E-state index in [4.69, 9.17) is 22.8 Å². The van der Waals surface area contributed by atoms with Gasteiger partial charge in [-0.3, -0.25) is 0 Å². The van der Waals surface area contributed by atoms with Gasteiger partial charge >= 0.3 is 208 Å². The summed E-state index contributed by atoms with van der Waals surface area (Å²) in [6.07, 6.45) is 10.5. The first-order chi connectivity index (χ1) is 16.0. The Kier molecular flexibility index (Phi) is 22.3. The van der Waals surface area contributed by atoms with Crippen molar-refractivity contribution in [1.82, 2.24) is 4.90 Å². The molecule has 0 aromatic heterocycles. The van der Waals surface area contributed by atoms with Crippen molar-refractivity contribution in [3.63, 3.8) is 0 Å². The van der Waals surface area contributed by atoms with Crippen LogP contribution in [0.4, 0.5) is 0 Å². The number of ether oxygens (including phenoxy) is 1. The number of rotatable bonds is 25. The third-order valence-electron chi connectivity index (χ3n) is 5.77. The van der Waals surface area contributed by atoms with Crippen LogP contribution in [0, 0.1) is 0 Å². The molecule has 8 heteroatoms. The zero-order valence-corrected chi connectivity index (χ0v) is 25.2. The minimum absolute atomic E-state index is 0.738. The summed E-state index contributed by atoms with van der Waals surface area (Å²) >= 11 is 0. The quantitative estimate of drug-likeness (QED) is 0.127. The van der Waals surface area contributed by atoms with Crippen molar-refractivity contribution < 1.29 is 22.8 Å². The summed E-state index contributed by atoms with van der Waals surface area (Å²) in [5, 5.41) is 0. The van der Waals surface area contributed by atoms with Crippen LogP contribution in [0.15, 0.2) is 0 Å². The SMILES string of the molecule is CCCO[PH](CCC)(CCN(CCOC)CC[PH](CCC)(OCCC)OCCC)OCCC. The van der Waals surface area contributed by atoms with E-state index < -0.39 is 15.4 Å². The van der Waals surface area contributed by atoms with Crippen LogP contribution in [0.3, 0.4) is 0 Å². The van der Waals surface area contributed by atoms with Gasteiger partial charge in [-0.15, -0.1) is 0 Å². The van der Waals surface area contributed by atoms with Gasteiger partial charge in [-0.2, -0.15) is 0 Å². The molecule has 0 radical (unpaired) electrons. The van der Waals surface area contributed by atoms with E-state index in [1.54, 1.807) is 7.11 Å². The molecule has 0 bridgehead atoms. The summed E-state index contributed by atoms with van der Waals surface area (Å²) in [5.41, 5.74) is 0. The van der Waals surface area contributed by atoms with Crippen LogP contribution in [0.5, 0.6) is 0 Å². The van der Waals surface area contributed by atoms with Crippen molar-refractivity contribution in [2.75, 3.05) is 84.4 Å². The van der Waals surface area contributed by atoms with Gasteiger partial charge in [0.25, 0.3) is 0 Å². The summed E-state index contributed by atoms with van der Waals surface area (Å²) in [5.74, 6) is 0. The number of nitrogens with zero attached hydrogens (tertiary/aromatic N) is 1. The summed E-state index contributed by atoms with van der Waals surface area (Å²) < 4.78 is 31.4. The molecule has 204 valence electrons. The van der Waals surface area contributed by atoms with Crippen LogP contribution >= 0.6 is 15.4 Å². The third kappa shape index (κ3) is 15.4. The van der Waals surface area contributed by atoms with E-state index in [0.717, 1.165) is 116 Å². The van der Waals surface area contributed by atoms with Gasteiger partial charge in [-0.25, -0.2) is 0 Å². The summed E-state index contributed by atoms with van der Waals surface area (Å²) in [6, 6.07) is 0. The second-order valence-electron chi connectivity index (χ2n) is 9.05. The fourth-order valence-electron chi connectivity index (χ4n) is 4.04. The van der Waals surface area contributed by atoms with E-state index in [0.29, 0.717) is 0 Å².